The number of hydrogen-bond acceptors (Lipinski definition) is 5. The summed E-state index contributed by atoms with van der Waals surface area (Å²) in [5, 5.41) is 3.65. The van der Waals surface area contributed by atoms with Crippen LogP contribution in [-0.2, 0) is 0 Å². The number of rotatable bonds is 2. The zero-order valence-electron chi connectivity index (χ0n) is 14.8. The quantitative estimate of drug-likeness (QED) is 0.862. The molecule has 3 N–H and O–H groups in total. The lowest BCUT2D eigenvalue weighted by Gasteiger charge is -2.24. The predicted octanol–water partition coefficient (Wildman–Crippen LogP) is 2.95. The van der Waals surface area contributed by atoms with Crippen LogP contribution in [0.3, 0.4) is 0 Å². The zero-order chi connectivity index (χ0) is 16.7. The van der Waals surface area contributed by atoms with Gasteiger partial charge in [-0.2, -0.15) is 4.98 Å². The third kappa shape index (κ3) is 3.44. The molecular weight excluding hydrogens is 334 g/mol. The summed E-state index contributed by atoms with van der Waals surface area (Å²) < 4.78 is 0. The van der Waals surface area contributed by atoms with E-state index in [9.17, 15) is 0 Å². The zero-order valence-corrected chi connectivity index (χ0v) is 15.6. The minimum Gasteiger partial charge on any atom is -0.368 e. The van der Waals surface area contributed by atoms with Gasteiger partial charge in [0.25, 0.3) is 0 Å². The summed E-state index contributed by atoms with van der Waals surface area (Å²) in [5.74, 6) is 2.07. The van der Waals surface area contributed by atoms with Crippen LogP contribution >= 0.6 is 12.4 Å². The highest BCUT2D eigenvalue weighted by Gasteiger charge is 2.35. The number of fused-ring (bicyclic) bond motifs is 1. The normalized spacial score (nSPS) is 22.4. The van der Waals surface area contributed by atoms with Crippen molar-refractivity contribution in [3.63, 3.8) is 0 Å². The van der Waals surface area contributed by atoms with Gasteiger partial charge < -0.3 is 16.0 Å². The lowest BCUT2D eigenvalue weighted by molar-refractivity contribution is 0.340. The van der Waals surface area contributed by atoms with Gasteiger partial charge in [0.05, 0.1) is 5.69 Å². The lowest BCUT2D eigenvalue weighted by Crippen LogP contribution is -2.40. The average Bonchev–Trinajstić information content (AvgIpc) is 3.00. The number of piperidine rings is 1. The Labute approximate surface area is 155 Å². The molecular formula is C19H26ClN5. The summed E-state index contributed by atoms with van der Waals surface area (Å²) in [4.78, 5) is 11.5. The van der Waals surface area contributed by atoms with Crippen LogP contribution in [0.15, 0.2) is 24.3 Å². The molecule has 25 heavy (non-hydrogen) atoms. The van der Waals surface area contributed by atoms with Gasteiger partial charge in [-0.15, -0.1) is 12.4 Å². The van der Waals surface area contributed by atoms with E-state index in [1.54, 1.807) is 0 Å². The van der Waals surface area contributed by atoms with E-state index in [1.807, 2.05) is 0 Å². The van der Waals surface area contributed by atoms with E-state index in [0.717, 1.165) is 48.2 Å². The lowest BCUT2D eigenvalue weighted by atomic mass is 9.94. The van der Waals surface area contributed by atoms with Crippen LogP contribution in [0.4, 0.5) is 11.8 Å². The predicted molar refractivity (Wildman–Crippen MR) is 105 cm³/mol. The first-order chi connectivity index (χ1) is 11.6. The molecule has 134 valence electrons. The standard InChI is InChI=1S/C19H25N5.ClH/c1-12-5-3-6-14(9-12)17-13(2)18(23-19(20)22-17)24-10-15-7-4-8-21-16(15)11-24;/h3,5-6,9,15-16,21H,4,7-8,10-11H2,1-2H3,(H2,20,22,23);1H/t15-,16+;/m1./s1. The van der Waals surface area contributed by atoms with Gasteiger partial charge in [-0.3, -0.25) is 0 Å². The van der Waals surface area contributed by atoms with Gasteiger partial charge in [-0.1, -0.05) is 23.8 Å². The Morgan fingerprint density at radius 2 is 2.04 bits per heavy atom. The number of anilines is 2. The Kier molecular flexibility index (Phi) is 5.16. The molecule has 3 heterocycles. The molecule has 0 saturated carbocycles. The van der Waals surface area contributed by atoms with E-state index in [-0.39, 0.29) is 12.4 Å². The van der Waals surface area contributed by atoms with Crippen molar-refractivity contribution < 1.29 is 0 Å². The maximum Gasteiger partial charge on any atom is 0.222 e. The molecule has 0 aliphatic carbocycles. The van der Waals surface area contributed by atoms with Crippen molar-refractivity contribution in [1.82, 2.24) is 15.3 Å². The summed E-state index contributed by atoms with van der Waals surface area (Å²) in [5.41, 5.74) is 10.5. The topological polar surface area (TPSA) is 67.1 Å². The first-order valence-corrected chi connectivity index (χ1v) is 8.81. The highest BCUT2D eigenvalue weighted by molar-refractivity contribution is 5.85. The maximum absolute atomic E-state index is 6.05. The molecule has 0 amide bonds. The van der Waals surface area contributed by atoms with Crippen LogP contribution < -0.4 is 16.0 Å². The molecule has 2 fully saturated rings. The molecule has 0 unspecified atom stereocenters. The Morgan fingerprint density at radius 3 is 2.80 bits per heavy atom. The fraction of sp³-hybridized carbons (Fsp3) is 0.474. The molecule has 6 heteroatoms. The average molecular weight is 360 g/mol. The number of nitrogen functional groups attached to an aromatic ring is 1. The smallest absolute Gasteiger partial charge is 0.222 e. The fourth-order valence-corrected chi connectivity index (χ4v) is 4.12. The van der Waals surface area contributed by atoms with Gasteiger partial charge in [0, 0.05) is 30.3 Å². The number of halogens is 1. The maximum atomic E-state index is 6.05. The van der Waals surface area contributed by atoms with E-state index in [1.165, 1.54) is 18.4 Å². The van der Waals surface area contributed by atoms with Crippen LogP contribution in [0, 0.1) is 19.8 Å². The summed E-state index contributed by atoms with van der Waals surface area (Å²) in [6.45, 7) is 7.41. The van der Waals surface area contributed by atoms with Gasteiger partial charge >= 0.3 is 0 Å². The summed E-state index contributed by atoms with van der Waals surface area (Å²) in [7, 11) is 0. The molecule has 4 rings (SSSR count). The van der Waals surface area contributed by atoms with E-state index in [2.05, 4.69) is 58.3 Å². The number of nitrogens with two attached hydrogens (primary N) is 1. The van der Waals surface area contributed by atoms with Crippen molar-refractivity contribution in [1.29, 1.82) is 0 Å². The van der Waals surface area contributed by atoms with E-state index >= 15 is 0 Å². The van der Waals surface area contributed by atoms with Gasteiger partial charge in [-0.25, -0.2) is 4.98 Å². The Morgan fingerprint density at radius 1 is 1.20 bits per heavy atom. The highest BCUT2D eigenvalue weighted by Crippen LogP contribution is 2.33. The van der Waals surface area contributed by atoms with Gasteiger partial charge in [0.2, 0.25) is 5.95 Å². The van der Waals surface area contributed by atoms with Crippen molar-refractivity contribution >= 4 is 24.2 Å². The van der Waals surface area contributed by atoms with Crippen LogP contribution in [-0.4, -0.2) is 35.6 Å². The van der Waals surface area contributed by atoms with Crippen molar-refractivity contribution in [2.24, 2.45) is 5.92 Å². The second-order valence-corrected chi connectivity index (χ2v) is 7.12. The molecule has 2 saturated heterocycles. The summed E-state index contributed by atoms with van der Waals surface area (Å²) in [6, 6.07) is 9.00. The van der Waals surface area contributed by atoms with Crippen molar-refractivity contribution in [2.75, 3.05) is 30.3 Å². The van der Waals surface area contributed by atoms with Gasteiger partial charge in [-0.05, 0) is 45.2 Å². The molecule has 2 atom stereocenters. The van der Waals surface area contributed by atoms with E-state index in [4.69, 9.17) is 5.73 Å². The number of nitrogens with zero attached hydrogens (tertiary/aromatic N) is 3. The summed E-state index contributed by atoms with van der Waals surface area (Å²) >= 11 is 0. The number of nitrogens with one attached hydrogen (secondary N) is 1. The fourth-order valence-electron chi connectivity index (χ4n) is 4.12. The second kappa shape index (κ2) is 7.18. The molecule has 0 radical (unpaired) electrons. The van der Waals surface area contributed by atoms with Crippen molar-refractivity contribution in [3.05, 3.63) is 35.4 Å². The molecule has 0 bridgehead atoms. The SMILES string of the molecule is Cc1cccc(-c2nc(N)nc(N3C[C@H]4CCCN[C@H]4C3)c2C)c1.Cl. The van der Waals surface area contributed by atoms with Crippen LogP contribution in [0.1, 0.15) is 24.0 Å². The first-order valence-electron chi connectivity index (χ1n) is 8.81. The van der Waals surface area contributed by atoms with Crippen molar-refractivity contribution in [2.45, 2.75) is 32.7 Å². The number of benzene rings is 1. The highest BCUT2D eigenvalue weighted by atomic mass is 35.5. The summed E-state index contributed by atoms with van der Waals surface area (Å²) in [6.07, 6.45) is 2.58. The molecule has 2 aromatic rings. The Hall–Kier alpha value is -1.85. The molecule has 1 aromatic carbocycles. The minimum atomic E-state index is 0. The third-order valence-corrected chi connectivity index (χ3v) is 5.33. The van der Waals surface area contributed by atoms with Gasteiger partial charge in [0.1, 0.15) is 5.82 Å². The molecule has 2 aliphatic rings. The molecule has 1 aromatic heterocycles. The Balaban J connectivity index is 0.00000182. The van der Waals surface area contributed by atoms with Crippen LogP contribution in [0.25, 0.3) is 11.3 Å². The first kappa shape index (κ1) is 18.0. The van der Waals surface area contributed by atoms with E-state index < -0.39 is 0 Å². The molecule has 0 spiro atoms. The van der Waals surface area contributed by atoms with Crippen LogP contribution in [0.5, 0.6) is 0 Å². The number of hydrogen-bond donors (Lipinski definition) is 2. The largest absolute Gasteiger partial charge is 0.368 e. The number of aryl methyl sites for hydroxylation is 1. The van der Waals surface area contributed by atoms with Crippen molar-refractivity contribution in [3.8, 4) is 11.3 Å². The number of aromatic nitrogens is 2. The van der Waals surface area contributed by atoms with Gasteiger partial charge in [0.15, 0.2) is 0 Å². The Bertz CT molecular complexity index is 749. The minimum absolute atomic E-state index is 0. The monoisotopic (exact) mass is 359 g/mol. The second-order valence-electron chi connectivity index (χ2n) is 7.12. The van der Waals surface area contributed by atoms with Crippen LogP contribution in [0.2, 0.25) is 0 Å². The third-order valence-electron chi connectivity index (χ3n) is 5.33. The molecule has 5 nitrogen and oxygen atoms in total. The van der Waals surface area contributed by atoms with E-state index in [0.29, 0.717) is 12.0 Å². The molecule has 2 aliphatic heterocycles.